The number of aromatic amines is 1. The molecule has 1 aliphatic heterocycles. The third-order valence-electron chi connectivity index (χ3n) is 3.47. The van der Waals surface area contributed by atoms with Crippen LogP contribution in [0.3, 0.4) is 0 Å². The van der Waals surface area contributed by atoms with Crippen molar-refractivity contribution in [3.05, 3.63) is 51.8 Å². The Labute approximate surface area is 125 Å². The Balaban J connectivity index is 1.81. The predicted octanol–water partition coefficient (Wildman–Crippen LogP) is 1.81. The summed E-state index contributed by atoms with van der Waals surface area (Å²) < 4.78 is 0. The Kier molecular flexibility index (Phi) is 3.81. The van der Waals surface area contributed by atoms with Gasteiger partial charge in [0.1, 0.15) is 6.04 Å². The van der Waals surface area contributed by atoms with Crippen molar-refractivity contribution < 1.29 is 4.79 Å². The monoisotopic (exact) mass is 301 g/mol. The molecule has 0 aliphatic carbocycles. The van der Waals surface area contributed by atoms with Crippen LogP contribution in [-0.2, 0) is 4.79 Å². The number of fused-ring (bicyclic) bond motifs is 1. The van der Waals surface area contributed by atoms with E-state index in [9.17, 15) is 9.59 Å². The van der Waals surface area contributed by atoms with Gasteiger partial charge in [0.15, 0.2) is 0 Å². The molecule has 2 heterocycles. The number of carbonyl (C=O) groups excluding carboxylic acids is 1. The quantitative estimate of drug-likeness (QED) is 0.807. The van der Waals surface area contributed by atoms with Gasteiger partial charge in [0.05, 0.1) is 0 Å². The number of amides is 1. The normalized spacial score (nSPS) is 15.8. The van der Waals surface area contributed by atoms with E-state index < -0.39 is 6.04 Å². The minimum Gasteiger partial charge on any atom is -0.329 e. The Morgan fingerprint density at radius 2 is 2.24 bits per heavy atom. The lowest BCUT2D eigenvalue weighted by Crippen LogP contribution is -2.37. The summed E-state index contributed by atoms with van der Waals surface area (Å²) in [4.78, 5) is 26.4. The average molecular weight is 301 g/mol. The van der Waals surface area contributed by atoms with Gasteiger partial charge in [-0.05, 0) is 47.1 Å². The molecule has 4 N–H and O–H groups in total. The number of aromatic nitrogens is 1. The maximum atomic E-state index is 12.1. The van der Waals surface area contributed by atoms with Crippen molar-refractivity contribution in [3.63, 3.8) is 0 Å². The number of benzene rings is 1. The fraction of sp³-hybridized carbons (Fsp3) is 0.200. The van der Waals surface area contributed by atoms with Crippen LogP contribution in [-0.4, -0.2) is 22.7 Å². The van der Waals surface area contributed by atoms with Gasteiger partial charge in [0.2, 0.25) is 5.91 Å². The molecule has 1 atom stereocenters. The highest BCUT2D eigenvalue weighted by Gasteiger charge is 2.20. The molecule has 6 heteroatoms. The van der Waals surface area contributed by atoms with Crippen LogP contribution in [0.1, 0.15) is 6.42 Å². The lowest BCUT2D eigenvalue weighted by atomic mass is 10.1. The molecule has 0 bridgehead atoms. The van der Waals surface area contributed by atoms with Crippen LogP contribution in [0.15, 0.2) is 46.2 Å². The predicted molar refractivity (Wildman–Crippen MR) is 86.3 cm³/mol. The molecule has 1 amide bonds. The highest BCUT2D eigenvalue weighted by molar-refractivity contribution is 8.02. The van der Waals surface area contributed by atoms with E-state index in [1.807, 2.05) is 5.41 Å². The van der Waals surface area contributed by atoms with Crippen LogP contribution >= 0.6 is 11.8 Å². The third kappa shape index (κ3) is 2.86. The van der Waals surface area contributed by atoms with Gasteiger partial charge in [-0.3, -0.25) is 9.59 Å². The first-order chi connectivity index (χ1) is 10.1. The van der Waals surface area contributed by atoms with Crippen molar-refractivity contribution in [2.45, 2.75) is 12.5 Å². The molecule has 0 radical (unpaired) electrons. The second kappa shape index (κ2) is 5.75. The summed E-state index contributed by atoms with van der Waals surface area (Å²) in [6.07, 6.45) is 2.44. The molecule has 21 heavy (non-hydrogen) atoms. The molecule has 108 valence electrons. The van der Waals surface area contributed by atoms with Crippen molar-refractivity contribution in [3.8, 4) is 0 Å². The minimum absolute atomic E-state index is 0.143. The van der Waals surface area contributed by atoms with Crippen LogP contribution in [0.25, 0.3) is 10.8 Å². The molecule has 1 aromatic heterocycles. The Morgan fingerprint density at radius 3 is 3.00 bits per heavy atom. The molecule has 5 nitrogen and oxygen atoms in total. The standard InChI is InChI=1S/C15H15N3O2S/c16-13(10-4-6-21-8-10)15(20)18-11-1-2-12-9(7-11)3-5-17-14(12)19/h1-3,5,7-8,13H,4,6,16H2,(H,17,19)(H,18,20)/t13-/m1/s1. The van der Waals surface area contributed by atoms with Gasteiger partial charge in [-0.15, -0.1) is 11.8 Å². The highest BCUT2D eigenvalue weighted by Crippen LogP contribution is 2.24. The van der Waals surface area contributed by atoms with Crippen molar-refractivity contribution >= 4 is 34.1 Å². The highest BCUT2D eigenvalue weighted by atomic mass is 32.2. The zero-order valence-electron chi connectivity index (χ0n) is 11.3. The zero-order valence-corrected chi connectivity index (χ0v) is 12.1. The fourth-order valence-corrected chi connectivity index (χ4v) is 3.24. The smallest absolute Gasteiger partial charge is 0.255 e. The van der Waals surface area contributed by atoms with Crippen LogP contribution in [0.4, 0.5) is 5.69 Å². The summed E-state index contributed by atoms with van der Waals surface area (Å²) in [6.45, 7) is 0. The average Bonchev–Trinajstić information content (AvgIpc) is 3.00. The van der Waals surface area contributed by atoms with E-state index >= 15 is 0 Å². The van der Waals surface area contributed by atoms with Gasteiger partial charge in [-0.25, -0.2) is 0 Å². The number of hydrogen-bond acceptors (Lipinski definition) is 4. The Morgan fingerprint density at radius 1 is 1.38 bits per heavy atom. The van der Waals surface area contributed by atoms with E-state index in [-0.39, 0.29) is 11.5 Å². The van der Waals surface area contributed by atoms with Gasteiger partial charge >= 0.3 is 0 Å². The van der Waals surface area contributed by atoms with Gasteiger partial charge < -0.3 is 16.0 Å². The number of thioether (sulfide) groups is 1. The second-order valence-corrected chi connectivity index (χ2v) is 5.87. The maximum Gasteiger partial charge on any atom is 0.255 e. The summed E-state index contributed by atoms with van der Waals surface area (Å²) in [5.74, 6) is 0.752. The number of nitrogens with two attached hydrogens (primary N) is 1. The molecule has 1 aliphatic rings. The van der Waals surface area contributed by atoms with Gasteiger partial charge in [-0.1, -0.05) is 0 Å². The van der Waals surface area contributed by atoms with Gasteiger partial charge in [-0.2, -0.15) is 0 Å². The molecule has 0 spiro atoms. The first kappa shape index (κ1) is 13.9. The molecule has 0 saturated heterocycles. The summed E-state index contributed by atoms with van der Waals surface area (Å²) in [7, 11) is 0. The first-order valence-electron chi connectivity index (χ1n) is 6.63. The van der Waals surface area contributed by atoms with Crippen LogP contribution in [0, 0.1) is 0 Å². The molecule has 1 aromatic carbocycles. The van der Waals surface area contributed by atoms with Crippen LogP contribution in [0.2, 0.25) is 0 Å². The number of pyridine rings is 1. The van der Waals surface area contributed by atoms with Gasteiger partial charge in [0.25, 0.3) is 5.56 Å². The SMILES string of the molecule is N[C@@H](C(=O)Nc1ccc2c(=O)[nH]ccc2c1)C1=CSCC1. The van der Waals surface area contributed by atoms with E-state index in [4.69, 9.17) is 5.73 Å². The molecule has 0 fully saturated rings. The number of carbonyl (C=O) groups is 1. The lowest BCUT2D eigenvalue weighted by Gasteiger charge is -2.13. The maximum absolute atomic E-state index is 12.1. The fourth-order valence-electron chi connectivity index (χ4n) is 2.29. The zero-order chi connectivity index (χ0) is 14.8. The summed E-state index contributed by atoms with van der Waals surface area (Å²) in [5, 5.41) is 6.14. The van der Waals surface area contributed by atoms with Crippen molar-refractivity contribution in [1.82, 2.24) is 4.98 Å². The van der Waals surface area contributed by atoms with Crippen molar-refractivity contribution in [2.24, 2.45) is 5.73 Å². The molecular weight excluding hydrogens is 286 g/mol. The summed E-state index contributed by atoms with van der Waals surface area (Å²) in [6, 6.07) is 6.35. The van der Waals surface area contributed by atoms with E-state index in [0.29, 0.717) is 11.1 Å². The molecule has 3 rings (SSSR count). The van der Waals surface area contributed by atoms with E-state index in [2.05, 4.69) is 10.3 Å². The molecule has 2 aromatic rings. The van der Waals surface area contributed by atoms with Crippen LogP contribution < -0.4 is 16.6 Å². The molecule has 0 saturated carbocycles. The number of nitrogens with one attached hydrogen (secondary N) is 2. The van der Waals surface area contributed by atoms with Crippen molar-refractivity contribution in [1.29, 1.82) is 0 Å². The largest absolute Gasteiger partial charge is 0.329 e. The van der Waals surface area contributed by atoms with Crippen molar-refractivity contribution in [2.75, 3.05) is 11.1 Å². The third-order valence-corrected chi connectivity index (χ3v) is 4.38. The molecule has 0 unspecified atom stereocenters. The first-order valence-corrected chi connectivity index (χ1v) is 7.68. The topological polar surface area (TPSA) is 88.0 Å². The summed E-state index contributed by atoms with van der Waals surface area (Å²) >= 11 is 1.68. The Hall–Kier alpha value is -2.05. The van der Waals surface area contributed by atoms with Gasteiger partial charge in [0, 0.05) is 23.0 Å². The Bertz CT molecular complexity index is 782. The van der Waals surface area contributed by atoms with E-state index in [0.717, 1.165) is 23.1 Å². The van der Waals surface area contributed by atoms with Crippen LogP contribution in [0.5, 0.6) is 0 Å². The molecular formula is C15H15N3O2S. The number of hydrogen-bond donors (Lipinski definition) is 3. The lowest BCUT2D eigenvalue weighted by molar-refractivity contribution is -0.116. The second-order valence-electron chi connectivity index (χ2n) is 4.89. The number of rotatable bonds is 3. The van der Waals surface area contributed by atoms with E-state index in [1.165, 1.54) is 0 Å². The number of H-pyrrole nitrogens is 1. The van der Waals surface area contributed by atoms with E-state index in [1.54, 1.807) is 42.2 Å². The minimum atomic E-state index is -0.616. The summed E-state index contributed by atoms with van der Waals surface area (Å²) in [5.41, 5.74) is 7.42. The number of anilines is 1.